The van der Waals surface area contributed by atoms with E-state index in [-0.39, 0.29) is 6.10 Å². The molecular formula is C11H19NO4. The molecule has 92 valence electrons. The minimum Gasteiger partial charge on any atom is -0.431 e. The molecule has 0 radical (unpaired) electrons. The average molecular weight is 229 g/mol. The van der Waals surface area contributed by atoms with Crippen LogP contribution in [0.2, 0.25) is 0 Å². The van der Waals surface area contributed by atoms with Gasteiger partial charge in [0.2, 0.25) is 0 Å². The number of carbonyl (C=O) groups is 2. The van der Waals surface area contributed by atoms with Gasteiger partial charge in [-0.05, 0) is 26.2 Å². The van der Waals surface area contributed by atoms with Crippen molar-refractivity contribution in [3.63, 3.8) is 0 Å². The lowest BCUT2D eigenvalue weighted by molar-refractivity contribution is -0.142. The van der Waals surface area contributed by atoms with E-state index in [4.69, 9.17) is 5.73 Å². The zero-order valence-electron chi connectivity index (χ0n) is 9.77. The lowest BCUT2D eigenvalue weighted by Crippen LogP contribution is -2.37. The van der Waals surface area contributed by atoms with Gasteiger partial charge in [-0.15, -0.1) is 0 Å². The third-order valence-corrected chi connectivity index (χ3v) is 2.63. The van der Waals surface area contributed by atoms with Gasteiger partial charge in [0.25, 0.3) is 0 Å². The van der Waals surface area contributed by atoms with Crippen molar-refractivity contribution in [2.45, 2.75) is 51.7 Å². The highest BCUT2D eigenvalue weighted by Crippen LogP contribution is 2.30. The molecule has 0 amide bonds. The standard InChI is InChI=1S/C11H19NO4/c1-7(2)15-11(14)16-10(13)9(12)6-8-4-3-5-8/h7-9H,3-6,12H2,1-2H3/t9-/m1/s1. The molecule has 2 N–H and O–H groups in total. The fourth-order valence-corrected chi connectivity index (χ4v) is 1.56. The molecular weight excluding hydrogens is 210 g/mol. The topological polar surface area (TPSA) is 78.6 Å². The van der Waals surface area contributed by atoms with E-state index < -0.39 is 18.2 Å². The van der Waals surface area contributed by atoms with Gasteiger partial charge in [0.15, 0.2) is 0 Å². The number of esters is 1. The molecule has 0 bridgehead atoms. The number of nitrogens with two attached hydrogens (primary N) is 1. The minimum atomic E-state index is -0.968. The van der Waals surface area contributed by atoms with Gasteiger partial charge in [-0.1, -0.05) is 19.3 Å². The number of hydrogen-bond donors (Lipinski definition) is 1. The highest BCUT2D eigenvalue weighted by atomic mass is 16.7. The van der Waals surface area contributed by atoms with Crippen LogP contribution in [-0.2, 0) is 14.3 Å². The largest absolute Gasteiger partial charge is 0.516 e. The molecule has 0 heterocycles. The summed E-state index contributed by atoms with van der Waals surface area (Å²) in [6.45, 7) is 3.36. The maximum absolute atomic E-state index is 11.4. The summed E-state index contributed by atoms with van der Waals surface area (Å²) in [6, 6.07) is -0.718. The molecule has 0 saturated heterocycles. The first-order valence-corrected chi connectivity index (χ1v) is 5.67. The summed E-state index contributed by atoms with van der Waals surface area (Å²) >= 11 is 0. The highest BCUT2D eigenvalue weighted by molar-refractivity contribution is 5.85. The number of hydrogen-bond acceptors (Lipinski definition) is 5. The number of carbonyl (C=O) groups excluding carboxylic acids is 2. The molecule has 0 spiro atoms. The molecule has 1 rings (SSSR count). The van der Waals surface area contributed by atoms with Gasteiger partial charge in [-0.2, -0.15) is 0 Å². The van der Waals surface area contributed by atoms with Crippen LogP contribution >= 0.6 is 0 Å². The highest BCUT2D eigenvalue weighted by Gasteiger charge is 2.26. The van der Waals surface area contributed by atoms with E-state index in [1.807, 2.05) is 0 Å². The van der Waals surface area contributed by atoms with Crippen LogP contribution in [0, 0.1) is 5.92 Å². The van der Waals surface area contributed by atoms with E-state index in [0.29, 0.717) is 12.3 Å². The van der Waals surface area contributed by atoms with Crippen molar-refractivity contribution in [3.05, 3.63) is 0 Å². The summed E-state index contributed by atoms with van der Waals surface area (Å²) in [6.07, 6.45) is 2.73. The summed E-state index contributed by atoms with van der Waals surface area (Å²) in [5, 5.41) is 0. The second-order valence-electron chi connectivity index (χ2n) is 4.48. The molecule has 1 fully saturated rings. The molecule has 1 atom stereocenters. The van der Waals surface area contributed by atoms with E-state index in [1.54, 1.807) is 13.8 Å². The van der Waals surface area contributed by atoms with Crippen LogP contribution in [0.5, 0.6) is 0 Å². The second-order valence-corrected chi connectivity index (χ2v) is 4.48. The summed E-state index contributed by atoms with van der Waals surface area (Å²) in [5.41, 5.74) is 5.62. The summed E-state index contributed by atoms with van der Waals surface area (Å²) in [4.78, 5) is 22.4. The molecule has 0 aromatic heterocycles. The summed E-state index contributed by atoms with van der Waals surface area (Å²) < 4.78 is 9.15. The van der Waals surface area contributed by atoms with Crippen LogP contribution < -0.4 is 5.73 Å². The van der Waals surface area contributed by atoms with Crippen molar-refractivity contribution in [1.82, 2.24) is 0 Å². The molecule has 1 aliphatic rings. The zero-order valence-corrected chi connectivity index (χ0v) is 9.77. The van der Waals surface area contributed by atoms with Crippen LogP contribution in [0.1, 0.15) is 39.5 Å². The van der Waals surface area contributed by atoms with Gasteiger partial charge in [0.05, 0.1) is 6.10 Å². The van der Waals surface area contributed by atoms with Gasteiger partial charge in [0, 0.05) is 0 Å². The smallest absolute Gasteiger partial charge is 0.431 e. The van der Waals surface area contributed by atoms with Crippen molar-refractivity contribution in [3.8, 4) is 0 Å². The molecule has 16 heavy (non-hydrogen) atoms. The quantitative estimate of drug-likeness (QED) is 0.585. The van der Waals surface area contributed by atoms with Crippen LogP contribution in [-0.4, -0.2) is 24.3 Å². The summed E-state index contributed by atoms with van der Waals surface area (Å²) in [7, 11) is 0. The van der Waals surface area contributed by atoms with Crippen LogP contribution in [0.3, 0.4) is 0 Å². The molecule has 5 heteroatoms. The van der Waals surface area contributed by atoms with Gasteiger partial charge in [0.1, 0.15) is 6.04 Å². The minimum absolute atomic E-state index is 0.303. The maximum Gasteiger partial charge on any atom is 0.516 e. The monoisotopic (exact) mass is 229 g/mol. The van der Waals surface area contributed by atoms with E-state index in [1.165, 1.54) is 6.42 Å². The van der Waals surface area contributed by atoms with Crippen LogP contribution in [0.15, 0.2) is 0 Å². The Morgan fingerprint density at radius 3 is 2.44 bits per heavy atom. The molecule has 1 saturated carbocycles. The molecule has 0 aromatic carbocycles. The van der Waals surface area contributed by atoms with Crippen molar-refractivity contribution in [2.24, 2.45) is 11.7 Å². The lowest BCUT2D eigenvalue weighted by atomic mass is 9.81. The van der Waals surface area contributed by atoms with Crippen molar-refractivity contribution in [1.29, 1.82) is 0 Å². The van der Waals surface area contributed by atoms with Crippen LogP contribution in [0.4, 0.5) is 4.79 Å². The maximum atomic E-state index is 11.4. The zero-order chi connectivity index (χ0) is 12.1. The van der Waals surface area contributed by atoms with Gasteiger partial charge >= 0.3 is 12.1 Å². The van der Waals surface area contributed by atoms with E-state index >= 15 is 0 Å². The Morgan fingerprint density at radius 2 is 2.00 bits per heavy atom. The SMILES string of the molecule is CC(C)OC(=O)OC(=O)[C@H](N)CC1CCC1. The Kier molecular flexibility index (Phi) is 4.73. The van der Waals surface area contributed by atoms with Crippen molar-refractivity contribution in [2.75, 3.05) is 0 Å². The molecule has 0 aromatic rings. The van der Waals surface area contributed by atoms with Crippen LogP contribution in [0.25, 0.3) is 0 Å². The molecule has 0 aliphatic heterocycles. The molecule has 1 aliphatic carbocycles. The third kappa shape index (κ3) is 4.18. The van der Waals surface area contributed by atoms with Crippen molar-refractivity contribution < 1.29 is 19.1 Å². The predicted octanol–water partition coefficient (Wildman–Crippen LogP) is 1.59. The predicted molar refractivity (Wildman–Crippen MR) is 57.6 cm³/mol. The van der Waals surface area contributed by atoms with Gasteiger partial charge in [-0.3, -0.25) is 0 Å². The van der Waals surface area contributed by atoms with Gasteiger partial charge < -0.3 is 15.2 Å². The van der Waals surface area contributed by atoms with Crippen molar-refractivity contribution >= 4 is 12.1 Å². The van der Waals surface area contributed by atoms with E-state index in [9.17, 15) is 9.59 Å². The lowest BCUT2D eigenvalue weighted by Gasteiger charge is -2.26. The fourth-order valence-electron chi connectivity index (χ4n) is 1.56. The Bertz CT molecular complexity index is 261. The Balaban J connectivity index is 2.24. The van der Waals surface area contributed by atoms with E-state index in [2.05, 4.69) is 9.47 Å². The Morgan fingerprint density at radius 1 is 1.38 bits per heavy atom. The van der Waals surface area contributed by atoms with Gasteiger partial charge in [-0.25, -0.2) is 9.59 Å². The summed E-state index contributed by atoms with van der Waals surface area (Å²) in [5.74, 6) is -0.193. The third-order valence-electron chi connectivity index (χ3n) is 2.63. The second kappa shape index (κ2) is 5.84. The average Bonchev–Trinajstić information content (AvgIpc) is 2.09. The number of rotatable bonds is 4. The molecule has 0 unspecified atom stereocenters. The first-order chi connectivity index (χ1) is 7.49. The molecule has 5 nitrogen and oxygen atoms in total. The first kappa shape index (κ1) is 13.0. The normalized spacial score (nSPS) is 17.8. The first-order valence-electron chi connectivity index (χ1n) is 5.67. The Hall–Kier alpha value is -1.10. The Labute approximate surface area is 95.3 Å². The number of ether oxygens (including phenoxy) is 2. The fraction of sp³-hybridized carbons (Fsp3) is 0.818. The van der Waals surface area contributed by atoms with E-state index in [0.717, 1.165) is 12.8 Å².